The summed E-state index contributed by atoms with van der Waals surface area (Å²) in [6, 6.07) is -1.90. The van der Waals surface area contributed by atoms with Crippen molar-refractivity contribution < 1.29 is 44.5 Å². The smallest absolute Gasteiger partial charge is 0.184 e. The van der Waals surface area contributed by atoms with E-state index in [4.69, 9.17) is 40.9 Å². The second-order valence-electron chi connectivity index (χ2n) is 12.0. The third kappa shape index (κ3) is 6.94. The number of aliphatic hydroxyl groups is 5. The van der Waals surface area contributed by atoms with Crippen molar-refractivity contribution in [1.82, 2.24) is 16.0 Å². The van der Waals surface area contributed by atoms with Crippen molar-refractivity contribution in [1.29, 1.82) is 5.41 Å². The molecule has 12 atom stereocenters. The third-order valence-electron chi connectivity index (χ3n) is 8.70. The van der Waals surface area contributed by atoms with Gasteiger partial charge in [0, 0.05) is 38.1 Å². The molecule has 0 radical (unpaired) electrons. The molecular formula is C25H48N6O9. The number of nitrogens with two attached hydrogens (primary N) is 2. The minimum absolute atomic E-state index is 0.00692. The summed E-state index contributed by atoms with van der Waals surface area (Å²) in [5.74, 6) is -0.723. The summed E-state index contributed by atoms with van der Waals surface area (Å²) in [6.07, 6.45) is -5.29. The Morgan fingerprint density at radius 2 is 1.77 bits per heavy atom. The third-order valence-corrected chi connectivity index (χ3v) is 8.70. The van der Waals surface area contributed by atoms with Gasteiger partial charge >= 0.3 is 0 Å². The van der Waals surface area contributed by atoms with Gasteiger partial charge in [0.15, 0.2) is 12.6 Å². The first-order valence-corrected chi connectivity index (χ1v) is 14.1. The molecule has 0 aromatic heterocycles. The summed E-state index contributed by atoms with van der Waals surface area (Å²) in [4.78, 5) is 0. The number of amidine groups is 1. The van der Waals surface area contributed by atoms with Gasteiger partial charge in [-0.3, -0.25) is 5.41 Å². The Morgan fingerprint density at radius 3 is 2.42 bits per heavy atom. The van der Waals surface area contributed by atoms with E-state index in [1.165, 1.54) is 0 Å². The molecular weight excluding hydrogens is 528 g/mol. The second-order valence-corrected chi connectivity index (χ2v) is 12.0. The van der Waals surface area contributed by atoms with Gasteiger partial charge in [0.1, 0.15) is 35.9 Å². The number of nitrogens with one attached hydrogen (secondary N) is 4. The predicted molar refractivity (Wildman–Crippen MR) is 142 cm³/mol. The van der Waals surface area contributed by atoms with Gasteiger partial charge in [0.05, 0.1) is 37.0 Å². The number of β-amino-alcohol motifs (C(OH)–C–C–N with tert-alkyl or cyclic N) is 1. The fourth-order valence-electron chi connectivity index (χ4n) is 5.61. The molecule has 1 saturated carbocycles. The lowest BCUT2D eigenvalue weighted by Gasteiger charge is -2.49. The normalized spacial score (nSPS) is 45.5. The van der Waals surface area contributed by atoms with Gasteiger partial charge in [0.25, 0.3) is 0 Å². The van der Waals surface area contributed by atoms with Crippen LogP contribution in [0.15, 0.2) is 0 Å². The zero-order valence-electron chi connectivity index (χ0n) is 23.2. The maximum Gasteiger partial charge on any atom is 0.184 e. The topological polar surface area (TPSA) is 250 Å². The van der Waals surface area contributed by atoms with E-state index in [0.717, 1.165) is 0 Å². The van der Waals surface area contributed by atoms with Crippen LogP contribution in [0.25, 0.3) is 0 Å². The molecule has 15 nitrogen and oxygen atoms in total. The molecule has 40 heavy (non-hydrogen) atoms. The molecule has 4 rings (SSSR count). The minimum Gasteiger partial charge on any atom is -0.395 e. The van der Waals surface area contributed by atoms with Crippen molar-refractivity contribution in [2.24, 2.45) is 17.4 Å². The van der Waals surface area contributed by atoms with Gasteiger partial charge in [-0.2, -0.15) is 0 Å². The molecule has 3 saturated heterocycles. The number of aliphatic hydroxyl groups excluding tert-OH is 3. The van der Waals surface area contributed by atoms with E-state index in [2.05, 4.69) is 16.0 Å². The van der Waals surface area contributed by atoms with Crippen LogP contribution >= 0.6 is 0 Å². The molecule has 3 heterocycles. The average molecular weight is 577 g/mol. The molecule has 4 fully saturated rings. The van der Waals surface area contributed by atoms with E-state index >= 15 is 0 Å². The lowest BCUT2D eigenvalue weighted by atomic mass is 9.82. The lowest BCUT2D eigenvalue weighted by Crippen LogP contribution is -2.72. The number of hydrogen-bond donors (Lipinski definition) is 11. The number of ether oxygens (including phenoxy) is 4. The van der Waals surface area contributed by atoms with Crippen LogP contribution in [0, 0.1) is 11.3 Å². The van der Waals surface area contributed by atoms with Crippen molar-refractivity contribution >= 4 is 5.84 Å². The maximum atomic E-state index is 11.6. The first-order valence-electron chi connectivity index (χ1n) is 14.1. The molecule has 0 aromatic carbocycles. The molecule has 3 aliphatic heterocycles. The Bertz CT molecular complexity index is 852. The van der Waals surface area contributed by atoms with Crippen LogP contribution in [0.2, 0.25) is 0 Å². The summed E-state index contributed by atoms with van der Waals surface area (Å²) in [6.45, 7) is 4.51. The van der Waals surface area contributed by atoms with Crippen LogP contribution in [0.1, 0.15) is 33.1 Å². The Hall–Kier alpha value is -1.05. The lowest BCUT2D eigenvalue weighted by molar-refractivity contribution is -0.313. The van der Waals surface area contributed by atoms with Gasteiger partial charge in [0.2, 0.25) is 0 Å². The summed E-state index contributed by atoms with van der Waals surface area (Å²) >= 11 is 0. The van der Waals surface area contributed by atoms with E-state index in [0.29, 0.717) is 25.9 Å². The van der Waals surface area contributed by atoms with Crippen molar-refractivity contribution in [2.75, 3.05) is 39.4 Å². The zero-order valence-corrected chi connectivity index (χ0v) is 23.2. The van der Waals surface area contributed by atoms with Crippen molar-refractivity contribution in [3.63, 3.8) is 0 Å². The monoisotopic (exact) mass is 576 g/mol. The highest BCUT2D eigenvalue weighted by Gasteiger charge is 2.52. The van der Waals surface area contributed by atoms with Crippen LogP contribution in [0.4, 0.5) is 0 Å². The summed E-state index contributed by atoms with van der Waals surface area (Å²) < 4.78 is 24.1. The van der Waals surface area contributed by atoms with Gasteiger partial charge < -0.3 is 71.9 Å². The zero-order chi connectivity index (χ0) is 29.2. The maximum absolute atomic E-state index is 11.6. The van der Waals surface area contributed by atoms with E-state index < -0.39 is 72.2 Å². The molecule has 1 aliphatic carbocycles. The Labute approximate surface area is 234 Å². The molecule has 6 unspecified atom stereocenters. The fourth-order valence-corrected chi connectivity index (χ4v) is 5.61. The van der Waals surface area contributed by atoms with Crippen LogP contribution in [-0.4, -0.2) is 143 Å². The average Bonchev–Trinajstić information content (AvgIpc) is 2.89. The SMILES string of the molecule is C[C@@H]1C(O)[C@@H](OC2C(O)C(O[C@H]3O[C@H](CNCCO)CCC3N)[C@@H](N)C[C@H]2NC(=N)C2(O)CNC2)OCC1(C)O. The van der Waals surface area contributed by atoms with Crippen molar-refractivity contribution in [3.05, 3.63) is 0 Å². The second kappa shape index (κ2) is 13.1. The van der Waals surface area contributed by atoms with Crippen LogP contribution in [0.5, 0.6) is 0 Å². The van der Waals surface area contributed by atoms with Crippen LogP contribution < -0.4 is 27.4 Å². The molecule has 13 N–H and O–H groups in total. The van der Waals surface area contributed by atoms with E-state index in [9.17, 15) is 20.4 Å². The van der Waals surface area contributed by atoms with Crippen LogP contribution in [0.3, 0.4) is 0 Å². The predicted octanol–water partition coefficient (Wildman–Crippen LogP) is -4.36. The highest BCUT2D eigenvalue weighted by atomic mass is 16.7. The summed E-state index contributed by atoms with van der Waals surface area (Å²) in [5, 5.41) is 70.0. The van der Waals surface area contributed by atoms with Crippen molar-refractivity contribution in [2.45, 2.75) is 106 Å². The largest absolute Gasteiger partial charge is 0.395 e. The molecule has 0 amide bonds. The molecule has 4 aliphatic rings. The Kier molecular flexibility index (Phi) is 10.4. The fraction of sp³-hybridized carbons (Fsp3) is 0.960. The number of hydrogen-bond acceptors (Lipinski definition) is 14. The van der Waals surface area contributed by atoms with E-state index in [1.807, 2.05) is 0 Å². The van der Waals surface area contributed by atoms with E-state index in [-0.39, 0.29) is 44.7 Å². The first-order chi connectivity index (χ1) is 18.9. The quantitative estimate of drug-likeness (QED) is 0.0668. The van der Waals surface area contributed by atoms with Crippen LogP contribution in [-0.2, 0) is 18.9 Å². The molecule has 15 heteroatoms. The minimum atomic E-state index is -1.37. The molecule has 0 bridgehead atoms. The summed E-state index contributed by atoms with van der Waals surface area (Å²) in [7, 11) is 0. The Morgan fingerprint density at radius 1 is 1.07 bits per heavy atom. The van der Waals surface area contributed by atoms with E-state index in [1.54, 1.807) is 13.8 Å². The number of rotatable bonds is 10. The van der Waals surface area contributed by atoms with Gasteiger partial charge in [-0.05, 0) is 26.2 Å². The first kappa shape index (κ1) is 31.9. The standard InChI is InChI=1S/C25H48N6O9/c1-12-17(33)22(37-11-24(12,2)35)40-20-16(31-23(28)25(36)9-30-10-25)7-15(27)19(18(20)34)39-21-14(26)4-3-13(38-21)8-29-5-6-32/h12-22,29-30,32-36H,3-11,26-27H2,1-2H3,(H2,28,31)/t12-,13+,14?,15+,16-,17?,18?,19?,20?,21-,22-,24?/m1/s1. The molecule has 0 spiro atoms. The van der Waals surface area contributed by atoms with Gasteiger partial charge in [-0.1, -0.05) is 6.92 Å². The Balaban J connectivity index is 1.49. The van der Waals surface area contributed by atoms with Crippen molar-refractivity contribution in [3.8, 4) is 0 Å². The highest BCUT2D eigenvalue weighted by molar-refractivity contribution is 5.89. The highest BCUT2D eigenvalue weighted by Crippen LogP contribution is 2.34. The summed E-state index contributed by atoms with van der Waals surface area (Å²) in [5.41, 5.74) is 10.1. The van der Waals surface area contributed by atoms with Gasteiger partial charge in [-0.25, -0.2) is 0 Å². The van der Waals surface area contributed by atoms with Gasteiger partial charge in [-0.15, -0.1) is 0 Å². The molecule has 0 aromatic rings. The molecule has 232 valence electrons.